The van der Waals surface area contributed by atoms with Crippen molar-refractivity contribution in [1.82, 2.24) is 24.8 Å². The summed E-state index contributed by atoms with van der Waals surface area (Å²) in [7, 11) is 2.16. The fraction of sp³-hybridized carbons (Fsp3) is 0.241. The molecule has 0 atom stereocenters. The van der Waals surface area contributed by atoms with Crippen LogP contribution in [0.1, 0.15) is 27.3 Å². The number of carbonyl (C=O) groups excluding carboxylic acids is 1. The Morgan fingerprint density at radius 1 is 0.917 bits per heavy atom. The number of piperazine rings is 1. The Morgan fingerprint density at radius 3 is 2.53 bits per heavy atom. The van der Waals surface area contributed by atoms with E-state index in [0.29, 0.717) is 12.0 Å². The van der Waals surface area contributed by atoms with Crippen LogP contribution in [0.25, 0.3) is 11.3 Å². The first-order chi connectivity index (χ1) is 17.6. The van der Waals surface area contributed by atoms with Crippen LogP contribution < -0.4 is 5.32 Å². The van der Waals surface area contributed by atoms with Gasteiger partial charge in [0.1, 0.15) is 5.82 Å². The molecule has 0 spiro atoms. The number of nitrogens with zero attached hydrogens (tertiary/aromatic N) is 5. The number of anilines is 1. The molecule has 0 unspecified atom stereocenters. The Balaban J connectivity index is 1.20. The van der Waals surface area contributed by atoms with Crippen LogP contribution in [-0.4, -0.2) is 63.9 Å². The second-order valence-electron chi connectivity index (χ2n) is 9.21. The van der Waals surface area contributed by atoms with Gasteiger partial charge in [0.2, 0.25) is 0 Å². The molecular formula is C29H30N6O. The Morgan fingerprint density at radius 2 is 1.75 bits per heavy atom. The summed E-state index contributed by atoms with van der Waals surface area (Å²) in [5, 5.41) is 3.02. The molecule has 1 saturated heterocycles. The summed E-state index contributed by atoms with van der Waals surface area (Å²) in [5.74, 6) is 0.601. The molecule has 2 aromatic carbocycles. The Hall–Kier alpha value is -3.94. The van der Waals surface area contributed by atoms with Crippen LogP contribution >= 0.6 is 0 Å². The molecule has 3 heterocycles. The zero-order valence-electron chi connectivity index (χ0n) is 20.5. The molecule has 7 nitrogen and oxygen atoms in total. The topological polar surface area (TPSA) is 74.2 Å². The summed E-state index contributed by atoms with van der Waals surface area (Å²) >= 11 is 0. The average molecular weight is 479 g/mol. The third-order valence-electron chi connectivity index (χ3n) is 6.43. The molecule has 2 aromatic heterocycles. The van der Waals surface area contributed by atoms with Gasteiger partial charge in [-0.2, -0.15) is 0 Å². The van der Waals surface area contributed by atoms with E-state index in [4.69, 9.17) is 0 Å². The van der Waals surface area contributed by atoms with Crippen LogP contribution in [0.3, 0.4) is 0 Å². The summed E-state index contributed by atoms with van der Waals surface area (Å²) < 4.78 is 0. The number of likely N-dealkylation sites (N-methyl/N-ethyl adjacent to an activating group) is 1. The van der Waals surface area contributed by atoms with Crippen LogP contribution in [0.4, 0.5) is 5.69 Å². The van der Waals surface area contributed by atoms with Crippen molar-refractivity contribution in [1.29, 1.82) is 0 Å². The molecule has 0 bridgehead atoms. The maximum atomic E-state index is 12.9. The Kier molecular flexibility index (Phi) is 7.40. The van der Waals surface area contributed by atoms with Crippen LogP contribution in [0.5, 0.6) is 0 Å². The zero-order chi connectivity index (χ0) is 24.7. The molecule has 1 N–H and O–H groups in total. The van der Waals surface area contributed by atoms with E-state index in [1.54, 1.807) is 18.6 Å². The number of pyridine rings is 1. The SMILES string of the molecule is CN1CCN(Cc2ccc(C(=O)Nc3cccc(Cc4nccc(-c5cccnc5)n4)c3)cc2)CC1. The highest BCUT2D eigenvalue weighted by Gasteiger charge is 2.14. The molecule has 1 aliphatic rings. The molecule has 5 rings (SSSR count). The van der Waals surface area contributed by atoms with E-state index >= 15 is 0 Å². The summed E-state index contributed by atoms with van der Waals surface area (Å²) in [6, 6.07) is 21.5. The van der Waals surface area contributed by atoms with Crippen LogP contribution in [-0.2, 0) is 13.0 Å². The maximum absolute atomic E-state index is 12.9. The van der Waals surface area contributed by atoms with Gasteiger partial charge in [-0.05, 0) is 60.6 Å². The highest BCUT2D eigenvalue weighted by Crippen LogP contribution is 2.18. The molecule has 0 radical (unpaired) electrons. The van der Waals surface area contributed by atoms with Gasteiger partial charge in [0.15, 0.2) is 0 Å². The second kappa shape index (κ2) is 11.2. The van der Waals surface area contributed by atoms with Crippen molar-refractivity contribution in [2.75, 3.05) is 38.5 Å². The smallest absolute Gasteiger partial charge is 0.255 e. The minimum Gasteiger partial charge on any atom is -0.322 e. The molecule has 1 fully saturated rings. The van der Waals surface area contributed by atoms with Gasteiger partial charge in [0, 0.05) is 74.5 Å². The number of rotatable bonds is 7. The molecule has 1 aliphatic heterocycles. The molecule has 1 amide bonds. The van der Waals surface area contributed by atoms with E-state index in [1.165, 1.54) is 5.56 Å². The monoisotopic (exact) mass is 478 g/mol. The van der Waals surface area contributed by atoms with E-state index in [9.17, 15) is 4.79 Å². The van der Waals surface area contributed by atoms with Crippen LogP contribution in [0, 0.1) is 0 Å². The third-order valence-corrected chi connectivity index (χ3v) is 6.43. The van der Waals surface area contributed by atoms with Crippen molar-refractivity contribution in [2.24, 2.45) is 0 Å². The summed E-state index contributed by atoms with van der Waals surface area (Å²) in [6.07, 6.45) is 5.87. The van der Waals surface area contributed by atoms with Crippen LogP contribution in [0.2, 0.25) is 0 Å². The van der Waals surface area contributed by atoms with Gasteiger partial charge >= 0.3 is 0 Å². The fourth-order valence-electron chi connectivity index (χ4n) is 4.33. The number of aromatic nitrogens is 3. The van der Waals surface area contributed by atoms with Gasteiger partial charge in [0.25, 0.3) is 5.91 Å². The number of carbonyl (C=O) groups is 1. The minimum absolute atomic E-state index is 0.117. The van der Waals surface area contributed by atoms with Gasteiger partial charge in [-0.25, -0.2) is 9.97 Å². The number of hydrogen-bond acceptors (Lipinski definition) is 6. The van der Waals surface area contributed by atoms with E-state index in [2.05, 4.69) is 49.2 Å². The quantitative estimate of drug-likeness (QED) is 0.431. The lowest BCUT2D eigenvalue weighted by Gasteiger charge is -2.32. The molecule has 4 aromatic rings. The highest BCUT2D eigenvalue weighted by atomic mass is 16.1. The first kappa shape index (κ1) is 23.8. The lowest BCUT2D eigenvalue weighted by atomic mass is 10.1. The molecular weight excluding hydrogens is 448 g/mol. The van der Waals surface area contributed by atoms with E-state index in [1.807, 2.05) is 54.6 Å². The van der Waals surface area contributed by atoms with E-state index < -0.39 is 0 Å². The fourth-order valence-corrected chi connectivity index (χ4v) is 4.33. The van der Waals surface area contributed by atoms with E-state index in [-0.39, 0.29) is 5.91 Å². The molecule has 36 heavy (non-hydrogen) atoms. The standard InChI is InChI=1S/C29H30N6O/c1-34-14-16-35(17-15-34)21-22-7-9-24(10-8-22)29(36)32-26-6-2-4-23(18-26)19-28-31-13-11-27(33-28)25-5-3-12-30-20-25/h2-13,18,20H,14-17,19,21H2,1H3,(H,32,36). The first-order valence-corrected chi connectivity index (χ1v) is 12.2. The number of nitrogens with one attached hydrogen (secondary N) is 1. The third kappa shape index (κ3) is 6.19. The lowest BCUT2D eigenvalue weighted by Crippen LogP contribution is -2.43. The first-order valence-electron chi connectivity index (χ1n) is 12.2. The van der Waals surface area contributed by atoms with Crippen molar-refractivity contribution in [2.45, 2.75) is 13.0 Å². The van der Waals surface area contributed by atoms with E-state index in [0.717, 1.165) is 61.1 Å². The number of benzene rings is 2. The van der Waals surface area contributed by atoms with Crippen molar-refractivity contribution in [3.63, 3.8) is 0 Å². The van der Waals surface area contributed by atoms with Gasteiger partial charge in [-0.15, -0.1) is 0 Å². The number of hydrogen-bond donors (Lipinski definition) is 1. The second-order valence-corrected chi connectivity index (χ2v) is 9.21. The summed E-state index contributed by atoms with van der Waals surface area (Å²) in [6.45, 7) is 5.27. The van der Waals surface area contributed by atoms with Crippen LogP contribution in [0.15, 0.2) is 85.3 Å². The Bertz CT molecular complexity index is 1300. The summed E-state index contributed by atoms with van der Waals surface area (Å²) in [4.78, 5) is 31.0. The van der Waals surface area contributed by atoms with Gasteiger partial charge in [-0.1, -0.05) is 24.3 Å². The van der Waals surface area contributed by atoms with Crippen molar-refractivity contribution < 1.29 is 4.79 Å². The maximum Gasteiger partial charge on any atom is 0.255 e. The predicted octanol–water partition coefficient (Wildman–Crippen LogP) is 4.13. The molecule has 0 aliphatic carbocycles. The largest absolute Gasteiger partial charge is 0.322 e. The summed E-state index contributed by atoms with van der Waals surface area (Å²) in [5.41, 5.74) is 5.45. The van der Waals surface area contributed by atoms with Crippen molar-refractivity contribution in [3.8, 4) is 11.3 Å². The molecule has 182 valence electrons. The van der Waals surface area contributed by atoms with Crippen molar-refractivity contribution >= 4 is 11.6 Å². The normalized spacial score (nSPS) is 14.5. The Labute approximate surface area is 211 Å². The predicted molar refractivity (Wildman–Crippen MR) is 142 cm³/mol. The van der Waals surface area contributed by atoms with Gasteiger partial charge in [0.05, 0.1) is 5.69 Å². The number of amides is 1. The zero-order valence-corrected chi connectivity index (χ0v) is 20.5. The van der Waals surface area contributed by atoms with Gasteiger partial charge in [-0.3, -0.25) is 14.7 Å². The lowest BCUT2D eigenvalue weighted by molar-refractivity contribution is 0.102. The average Bonchev–Trinajstić information content (AvgIpc) is 2.91. The highest BCUT2D eigenvalue weighted by molar-refractivity contribution is 6.04. The van der Waals surface area contributed by atoms with Gasteiger partial charge < -0.3 is 10.2 Å². The molecule has 0 saturated carbocycles. The van der Waals surface area contributed by atoms with Crippen molar-refractivity contribution in [3.05, 3.63) is 108 Å². The minimum atomic E-state index is -0.117. The molecule has 7 heteroatoms.